The molecule has 0 atom stereocenters. The monoisotopic (exact) mass is 135 g/mol. The van der Waals surface area contributed by atoms with Crippen LogP contribution in [0, 0.1) is 0 Å². The molecule has 0 spiro atoms. The Balaban J connectivity index is 3.16. The molecule has 0 radical (unpaired) electrons. The van der Waals surface area contributed by atoms with Crippen LogP contribution in [0.25, 0.3) is 12.7 Å². The van der Waals surface area contributed by atoms with Crippen LogP contribution in [0.4, 0.5) is 0 Å². The van der Waals surface area contributed by atoms with Crippen molar-refractivity contribution < 1.29 is 4.52 Å². The topological polar surface area (TPSA) is 26.0 Å². The molecule has 1 aromatic rings. The summed E-state index contributed by atoms with van der Waals surface area (Å²) >= 11 is 0. The maximum Gasteiger partial charge on any atom is 0.166 e. The van der Waals surface area contributed by atoms with Crippen molar-refractivity contribution in [2.75, 3.05) is 0 Å². The van der Waals surface area contributed by atoms with Gasteiger partial charge < -0.3 is 4.52 Å². The second-order valence-electron chi connectivity index (χ2n) is 1.91. The van der Waals surface area contributed by atoms with E-state index in [1.165, 1.54) is 0 Å². The van der Waals surface area contributed by atoms with E-state index >= 15 is 0 Å². The van der Waals surface area contributed by atoms with Crippen molar-refractivity contribution in [2.24, 2.45) is 0 Å². The molecule has 0 fully saturated rings. The summed E-state index contributed by atoms with van der Waals surface area (Å²) in [7, 11) is 0. The van der Waals surface area contributed by atoms with Gasteiger partial charge in [0.05, 0.1) is 6.20 Å². The van der Waals surface area contributed by atoms with Gasteiger partial charge in [0, 0.05) is 5.22 Å². The highest BCUT2D eigenvalue weighted by molar-refractivity contribution is 5.33. The molecule has 1 aromatic heterocycles. The quantitative estimate of drug-likeness (QED) is 0.558. The zero-order chi connectivity index (χ0) is 7.40. The lowest BCUT2D eigenvalue weighted by Gasteiger charge is -1.69. The first-order valence-electron chi connectivity index (χ1n) is 3.07. The van der Waals surface area contributed by atoms with Crippen molar-refractivity contribution in [2.45, 2.75) is 6.92 Å². The highest BCUT2D eigenvalue weighted by atomic mass is 16.5. The largest absolute Gasteiger partial charge is 0.356 e. The molecule has 0 aliphatic heterocycles. The van der Waals surface area contributed by atoms with Crippen molar-refractivity contribution >= 4 is 12.7 Å². The lowest BCUT2D eigenvalue weighted by Crippen LogP contribution is -2.16. The summed E-state index contributed by atoms with van der Waals surface area (Å²) in [6.45, 7) is 5.65. The van der Waals surface area contributed by atoms with E-state index in [0.717, 1.165) is 10.6 Å². The molecule has 1 heterocycles. The number of hydrogen-bond donors (Lipinski definition) is 0. The summed E-state index contributed by atoms with van der Waals surface area (Å²) < 4.78 is 4.85. The average Bonchev–Trinajstić information content (AvgIpc) is 2.31. The van der Waals surface area contributed by atoms with Gasteiger partial charge in [0.25, 0.3) is 0 Å². The van der Waals surface area contributed by atoms with Gasteiger partial charge in [-0.1, -0.05) is 23.9 Å². The van der Waals surface area contributed by atoms with Gasteiger partial charge in [-0.3, -0.25) is 0 Å². The molecule has 52 valence electrons. The van der Waals surface area contributed by atoms with E-state index in [0.29, 0.717) is 0 Å². The molecule has 0 aliphatic carbocycles. The minimum absolute atomic E-state index is 0.720. The first-order chi connectivity index (χ1) is 4.84. The first-order valence-corrected chi connectivity index (χ1v) is 3.07. The summed E-state index contributed by atoms with van der Waals surface area (Å²) in [6.07, 6.45) is 7.22. The second kappa shape index (κ2) is 3.01. The van der Waals surface area contributed by atoms with Crippen LogP contribution in [-0.2, 0) is 0 Å². The van der Waals surface area contributed by atoms with Crippen molar-refractivity contribution in [3.63, 3.8) is 0 Å². The predicted octanol–water partition coefficient (Wildman–Crippen LogP) is 0.442. The summed E-state index contributed by atoms with van der Waals surface area (Å²) in [5.41, 5.74) is 0.720. The highest BCUT2D eigenvalue weighted by Gasteiger charge is 1.82. The number of hydrogen-bond acceptors (Lipinski definition) is 2. The molecule has 0 bridgehead atoms. The molecular weight excluding hydrogens is 126 g/mol. The van der Waals surface area contributed by atoms with Crippen molar-refractivity contribution in [3.05, 3.63) is 29.0 Å². The van der Waals surface area contributed by atoms with Crippen LogP contribution in [0.15, 0.2) is 22.9 Å². The Morgan fingerprint density at radius 1 is 1.70 bits per heavy atom. The maximum absolute atomic E-state index is 4.85. The third-order valence-electron chi connectivity index (χ3n) is 1.12. The molecular formula is C8H9NO. The van der Waals surface area contributed by atoms with E-state index in [1.54, 1.807) is 6.20 Å². The predicted molar refractivity (Wildman–Crippen MR) is 40.6 cm³/mol. The smallest absolute Gasteiger partial charge is 0.166 e. The fourth-order valence-electron chi connectivity index (χ4n) is 0.590. The molecule has 2 nitrogen and oxygen atoms in total. The van der Waals surface area contributed by atoms with Gasteiger partial charge in [0.1, 0.15) is 0 Å². The molecule has 2 heteroatoms. The maximum atomic E-state index is 4.85. The standard InChI is InChI=1S/C8H9NO/c1-3-4-5-8-7(2)6-9-10-8/h3-6H,2H2,1H3/b4-3-,8-5+. The Bertz CT molecular complexity index is 321. The van der Waals surface area contributed by atoms with Crippen LogP contribution < -0.4 is 10.6 Å². The van der Waals surface area contributed by atoms with E-state index in [-0.39, 0.29) is 0 Å². The second-order valence-corrected chi connectivity index (χ2v) is 1.91. The van der Waals surface area contributed by atoms with E-state index < -0.39 is 0 Å². The third kappa shape index (κ3) is 1.35. The van der Waals surface area contributed by atoms with Crippen LogP contribution >= 0.6 is 0 Å². The zero-order valence-electron chi connectivity index (χ0n) is 5.87. The van der Waals surface area contributed by atoms with Crippen molar-refractivity contribution in [1.29, 1.82) is 0 Å². The minimum Gasteiger partial charge on any atom is -0.356 e. The van der Waals surface area contributed by atoms with E-state index in [4.69, 9.17) is 4.52 Å². The van der Waals surface area contributed by atoms with Crippen molar-refractivity contribution in [1.82, 2.24) is 5.16 Å². The van der Waals surface area contributed by atoms with Gasteiger partial charge in [-0.15, -0.1) is 0 Å². The molecule has 10 heavy (non-hydrogen) atoms. The normalized spacial score (nSPS) is 13.1. The lowest BCUT2D eigenvalue weighted by atomic mass is 10.4. The summed E-state index contributed by atoms with van der Waals surface area (Å²) in [5.74, 6) is 0. The van der Waals surface area contributed by atoms with Gasteiger partial charge in [0.2, 0.25) is 0 Å². The SMILES string of the molecule is C=c1cno/c1=C/C=C\C. The molecule has 0 unspecified atom stereocenters. The van der Waals surface area contributed by atoms with Crippen LogP contribution in [0.5, 0.6) is 0 Å². The van der Waals surface area contributed by atoms with Crippen molar-refractivity contribution in [3.8, 4) is 0 Å². The van der Waals surface area contributed by atoms with E-state index in [9.17, 15) is 0 Å². The molecule has 0 N–H and O–H groups in total. The Morgan fingerprint density at radius 3 is 3.00 bits per heavy atom. The van der Waals surface area contributed by atoms with Crippen LogP contribution in [-0.4, -0.2) is 5.16 Å². The summed E-state index contributed by atoms with van der Waals surface area (Å²) in [4.78, 5) is 0. The van der Waals surface area contributed by atoms with E-state index in [2.05, 4.69) is 11.7 Å². The van der Waals surface area contributed by atoms with Crippen LogP contribution in [0.2, 0.25) is 0 Å². The van der Waals surface area contributed by atoms with Gasteiger partial charge in [-0.2, -0.15) is 0 Å². The zero-order valence-corrected chi connectivity index (χ0v) is 5.87. The van der Waals surface area contributed by atoms with E-state index in [1.807, 2.05) is 25.2 Å². The van der Waals surface area contributed by atoms with Crippen LogP contribution in [0.1, 0.15) is 6.92 Å². The number of aromatic nitrogens is 1. The molecule has 0 amide bonds. The Hall–Kier alpha value is -1.31. The van der Waals surface area contributed by atoms with Crippen LogP contribution in [0.3, 0.4) is 0 Å². The summed E-state index contributed by atoms with van der Waals surface area (Å²) in [6, 6.07) is 0. The lowest BCUT2D eigenvalue weighted by molar-refractivity contribution is 0.394. The molecule has 0 aromatic carbocycles. The Labute approximate surface area is 59.2 Å². The summed E-state index contributed by atoms with van der Waals surface area (Å²) in [5, 5.41) is 4.39. The molecule has 1 rings (SSSR count). The fraction of sp³-hybridized carbons (Fsp3) is 0.125. The number of allylic oxidation sites excluding steroid dienone is 2. The number of rotatable bonds is 1. The number of nitrogens with zero attached hydrogens (tertiary/aromatic N) is 1. The van der Waals surface area contributed by atoms with Gasteiger partial charge in [-0.05, 0) is 13.0 Å². The molecule has 0 aliphatic rings. The van der Waals surface area contributed by atoms with Gasteiger partial charge >= 0.3 is 0 Å². The third-order valence-corrected chi connectivity index (χ3v) is 1.12. The van der Waals surface area contributed by atoms with Gasteiger partial charge in [-0.25, -0.2) is 0 Å². The molecule has 0 saturated carbocycles. The van der Waals surface area contributed by atoms with Gasteiger partial charge in [0.15, 0.2) is 5.42 Å². The minimum atomic E-state index is 0.720. The highest BCUT2D eigenvalue weighted by Crippen LogP contribution is 1.69. The first kappa shape index (κ1) is 6.81. The Morgan fingerprint density at radius 2 is 2.50 bits per heavy atom. The molecule has 0 saturated heterocycles. The Kier molecular flexibility index (Phi) is 2.05. The average molecular weight is 135 g/mol. The fourth-order valence-corrected chi connectivity index (χ4v) is 0.590.